The molecule has 2 aromatic heterocycles. The molecule has 0 saturated heterocycles. The smallest absolute Gasteiger partial charge is 0.341 e. The van der Waals surface area contributed by atoms with Crippen LogP contribution in [0.15, 0.2) is 65.7 Å². The van der Waals surface area contributed by atoms with Crippen molar-refractivity contribution in [1.29, 1.82) is 0 Å². The average molecular weight is 437 g/mol. The molecule has 0 aliphatic carbocycles. The molecule has 0 bridgehead atoms. The van der Waals surface area contributed by atoms with Gasteiger partial charge in [-0.1, -0.05) is 23.7 Å². The highest BCUT2D eigenvalue weighted by atomic mass is 35.5. The first-order valence-electron chi connectivity index (χ1n) is 9.35. The van der Waals surface area contributed by atoms with Gasteiger partial charge in [0.15, 0.2) is 0 Å². The standard InChI is InChI=1S/C22H17ClN4O4/c23-16-9-14-11-18(22(30)31)21(29)26-20(14)15(10-16)12-24-19(28)8-13-2-4-17(5-3-13)27-7-1-6-25-27/h1-7,9-11H,8,12H2,(H,24,28)(H,26,29)(H,30,31). The molecule has 0 aliphatic rings. The lowest BCUT2D eigenvalue weighted by molar-refractivity contribution is -0.120. The molecular weight excluding hydrogens is 420 g/mol. The third-order valence-electron chi connectivity index (χ3n) is 4.77. The van der Waals surface area contributed by atoms with Gasteiger partial charge in [0.2, 0.25) is 5.91 Å². The highest BCUT2D eigenvalue weighted by Crippen LogP contribution is 2.22. The molecule has 4 aromatic rings. The van der Waals surface area contributed by atoms with E-state index in [1.807, 2.05) is 36.5 Å². The minimum Gasteiger partial charge on any atom is -0.477 e. The van der Waals surface area contributed by atoms with Crippen LogP contribution in [-0.2, 0) is 17.8 Å². The van der Waals surface area contributed by atoms with Crippen molar-refractivity contribution in [3.05, 3.63) is 93.0 Å². The van der Waals surface area contributed by atoms with Gasteiger partial charge >= 0.3 is 5.97 Å². The first-order valence-corrected chi connectivity index (χ1v) is 9.73. The Morgan fingerprint density at radius 1 is 1.16 bits per heavy atom. The largest absolute Gasteiger partial charge is 0.477 e. The topological polar surface area (TPSA) is 117 Å². The number of hydrogen-bond acceptors (Lipinski definition) is 4. The van der Waals surface area contributed by atoms with Crippen molar-refractivity contribution >= 4 is 34.4 Å². The van der Waals surface area contributed by atoms with Gasteiger partial charge in [-0.05, 0) is 47.5 Å². The molecule has 8 nitrogen and oxygen atoms in total. The number of carboxylic acids is 1. The van der Waals surface area contributed by atoms with E-state index in [-0.39, 0.29) is 24.4 Å². The summed E-state index contributed by atoms with van der Waals surface area (Å²) in [6, 6.07) is 13.8. The van der Waals surface area contributed by atoms with Crippen molar-refractivity contribution in [3.8, 4) is 5.69 Å². The molecule has 9 heteroatoms. The number of H-pyrrole nitrogens is 1. The number of amides is 1. The number of pyridine rings is 1. The van der Waals surface area contributed by atoms with Crippen LogP contribution in [0.5, 0.6) is 0 Å². The number of nitrogens with one attached hydrogen (secondary N) is 2. The van der Waals surface area contributed by atoms with E-state index in [0.29, 0.717) is 21.5 Å². The van der Waals surface area contributed by atoms with Crippen molar-refractivity contribution in [3.63, 3.8) is 0 Å². The van der Waals surface area contributed by atoms with Crippen molar-refractivity contribution in [2.45, 2.75) is 13.0 Å². The zero-order valence-electron chi connectivity index (χ0n) is 16.1. The molecule has 0 saturated carbocycles. The highest BCUT2D eigenvalue weighted by molar-refractivity contribution is 6.31. The maximum atomic E-state index is 12.4. The number of rotatable bonds is 6. The molecule has 0 fully saturated rings. The van der Waals surface area contributed by atoms with Crippen LogP contribution in [0.1, 0.15) is 21.5 Å². The third kappa shape index (κ3) is 4.49. The zero-order valence-corrected chi connectivity index (χ0v) is 16.9. The van der Waals surface area contributed by atoms with E-state index >= 15 is 0 Å². The summed E-state index contributed by atoms with van der Waals surface area (Å²) in [5.41, 5.74) is 1.66. The van der Waals surface area contributed by atoms with Crippen LogP contribution < -0.4 is 10.9 Å². The van der Waals surface area contributed by atoms with Crippen LogP contribution in [0.4, 0.5) is 0 Å². The van der Waals surface area contributed by atoms with Gasteiger partial charge in [0.05, 0.1) is 17.6 Å². The van der Waals surface area contributed by atoms with Crippen molar-refractivity contribution in [2.75, 3.05) is 0 Å². The SMILES string of the molecule is O=C(Cc1ccc(-n2cccn2)cc1)NCc1cc(Cl)cc2cc(C(=O)O)c(=O)[nH]c12. The van der Waals surface area contributed by atoms with E-state index < -0.39 is 11.5 Å². The lowest BCUT2D eigenvalue weighted by atomic mass is 10.1. The van der Waals surface area contributed by atoms with Crippen LogP contribution in [0, 0.1) is 0 Å². The number of hydrogen-bond donors (Lipinski definition) is 3. The number of carbonyl (C=O) groups is 2. The number of carboxylic acid groups (broad SMARTS) is 1. The Balaban J connectivity index is 1.48. The monoisotopic (exact) mass is 436 g/mol. The number of aromatic amines is 1. The fourth-order valence-electron chi connectivity index (χ4n) is 3.28. The minimum atomic E-state index is -1.32. The van der Waals surface area contributed by atoms with Crippen LogP contribution in [0.3, 0.4) is 0 Å². The van der Waals surface area contributed by atoms with E-state index in [1.54, 1.807) is 23.0 Å². The number of aromatic carboxylic acids is 1. The second-order valence-corrected chi connectivity index (χ2v) is 7.35. The Bertz CT molecular complexity index is 1330. The molecule has 0 atom stereocenters. The molecule has 3 N–H and O–H groups in total. The fraction of sp³-hybridized carbons (Fsp3) is 0.0909. The first kappa shape index (κ1) is 20.4. The van der Waals surface area contributed by atoms with Gasteiger partial charge in [0.1, 0.15) is 5.56 Å². The maximum absolute atomic E-state index is 12.4. The number of nitrogens with zero attached hydrogens (tertiary/aromatic N) is 2. The molecule has 0 aliphatic heterocycles. The molecule has 2 heterocycles. The number of fused-ring (bicyclic) bond motifs is 1. The van der Waals surface area contributed by atoms with Crippen molar-refractivity contribution in [1.82, 2.24) is 20.1 Å². The van der Waals surface area contributed by atoms with Gasteiger partial charge in [0, 0.05) is 29.3 Å². The minimum absolute atomic E-state index is 0.129. The number of halogens is 1. The zero-order chi connectivity index (χ0) is 22.0. The van der Waals surface area contributed by atoms with Gasteiger partial charge < -0.3 is 15.4 Å². The summed E-state index contributed by atoms with van der Waals surface area (Å²) in [5, 5.41) is 17.0. The second-order valence-electron chi connectivity index (χ2n) is 6.92. The summed E-state index contributed by atoms with van der Waals surface area (Å²) < 4.78 is 1.73. The second kappa shape index (κ2) is 8.45. The van der Waals surface area contributed by atoms with Crippen LogP contribution in [0.2, 0.25) is 5.02 Å². The summed E-state index contributed by atoms with van der Waals surface area (Å²) in [4.78, 5) is 38.2. The van der Waals surface area contributed by atoms with Gasteiger partial charge in [-0.2, -0.15) is 5.10 Å². The van der Waals surface area contributed by atoms with Crippen molar-refractivity contribution in [2.24, 2.45) is 0 Å². The molecule has 31 heavy (non-hydrogen) atoms. The van der Waals surface area contributed by atoms with E-state index in [2.05, 4.69) is 15.4 Å². The molecule has 0 unspecified atom stereocenters. The average Bonchev–Trinajstić information content (AvgIpc) is 3.27. The fourth-order valence-corrected chi connectivity index (χ4v) is 3.53. The maximum Gasteiger partial charge on any atom is 0.341 e. The number of carbonyl (C=O) groups excluding carboxylic acids is 1. The van der Waals surface area contributed by atoms with Gasteiger partial charge in [-0.15, -0.1) is 0 Å². The summed E-state index contributed by atoms with van der Waals surface area (Å²) in [5.74, 6) is -1.53. The van der Waals surface area contributed by atoms with Crippen LogP contribution in [-0.4, -0.2) is 31.7 Å². The molecule has 156 valence electrons. The summed E-state index contributed by atoms with van der Waals surface area (Å²) in [7, 11) is 0. The van der Waals surface area contributed by atoms with E-state index in [1.165, 1.54) is 6.07 Å². The van der Waals surface area contributed by atoms with E-state index in [0.717, 1.165) is 11.3 Å². The van der Waals surface area contributed by atoms with E-state index in [9.17, 15) is 14.4 Å². The Kier molecular flexibility index (Phi) is 5.55. The quantitative estimate of drug-likeness (QED) is 0.429. The van der Waals surface area contributed by atoms with Crippen molar-refractivity contribution < 1.29 is 14.7 Å². The Morgan fingerprint density at radius 2 is 1.94 bits per heavy atom. The Morgan fingerprint density at radius 3 is 2.61 bits per heavy atom. The molecule has 0 spiro atoms. The van der Waals surface area contributed by atoms with Gasteiger partial charge in [-0.25, -0.2) is 9.48 Å². The molecule has 1 amide bonds. The first-order chi connectivity index (χ1) is 14.9. The predicted molar refractivity (Wildman–Crippen MR) is 116 cm³/mol. The molecule has 0 radical (unpaired) electrons. The lowest BCUT2D eigenvalue weighted by Crippen LogP contribution is -2.25. The Labute approximate surface area is 181 Å². The highest BCUT2D eigenvalue weighted by Gasteiger charge is 2.13. The Hall–Kier alpha value is -3.91. The summed E-state index contributed by atoms with van der Waals surface area (Å²) >= 11 is 6.14. The van der Waals surface area contributed by atoms with Gasteiger partial charge in [0.25, 0.3) is 5.56 Å². The van der Waals surface area contributed by atoms with Gasteiger partial charge in [-0.3, -0.25) is 9.59 Å². The summed E-state index contributed by atoms with van der Waals surface area (Å²) in [6.45, 7) is 0.129. The van der Waals surface area contributed by atoms with Crippen LogP contribution >= 0.6 is 11.6 Å². The van der Waals surface area contributed by atoms with Crippen LogP contribution in [0.25, 0.3) is 16.6 Å². The summed E-state index contributed by atoms with van der Waals surface area (Å²) in [6.07, 6.45) is 3.70. The lowest BCUT2D eigenvalue weighted by Gasteiger charge is -2.10. The molecular formula is C22H17ClN4O4. The molecule has 4 rings (SSSR count). The molecule has 2 aromatic carbocycles. The number of benzene rings is 2. The van der Waals surface area contributed by atoms with E-state index in [4.69, 9.17) is 16.7 Å². The number of aromatic nitrogens is 3. The normalized spacial score (nSPS) is 10.9. The third-order valence-corrected chi connectivity index (χ3v) is 4.99. The predicted octanol–water partition coefficient (Wildman–Crippen LogP) is 2.92.